The molecule has 1 aromatic rings. The van der Waals surface area contributed by atoms with Crippen molar-refractivity contribution in [3.05, 3.63) is 29.8 Å². The summed E-state index contributed by atoms with van der Waals surface area (Å²) in [7, 11) is 0. The van der Waals surface area contributed by atoms with E-state index in [1.807, 2.05) is 11.8 Å². The number of hydrogen-bond acceptors (Lipinski definition) is 2. The molecule has 1 heterocycles. The van der Waals surface area contributed by atoms with Crippen LogP contribution in [0.4, 0.5) is 5.69 Å². The number of anilines is 1. The predicted molar refractivity (Wildman–Crippen MR) is 65.2 cm³/mol. The number of rotatable bonds is 3. The van der Waals surface area contributed by atoms with Crippen LogP contribution in [0.2, 0.25) is 0 Å². The van der Waals surface area contributed by atoms with Gasteiger partial charge < -0.3 is 5.32 Å². The van der Waals surface area contributed by atoms with Crippen molar-refractivity contribution in [3.8, 4) is 0 Å². The first kappa shape index (κ1) is 9.91. The number of hydrogen-bond donors (Lipinski definition) is 1. The quantitative estimate of drug-likeness (QED) is 0.817. The van der Waals surface area contributed by atoms with Crippen LogP contribution >= 0.6 is 11.8 Å². The summed E-state index contributed by atoms with van der Waals surface area (Å²) in [6, 6.07) is 9.51. The van der Waals surface area contributed by atoms with E-state index in [2.05, 4.69) is 36.5 Å². The van der Waals surface area contributed by atoms with Crippen molar-refractivity contribution in [2.24, 2.45) is 0 Å². The van der Waals surface area contributed by atoms with Crippen molar-refractivity contribution in [2.45, 2.75) is 25.8 Å². The van der Waals surface area contributed by atoms with E-state index in [1.165, 1.54) is 29.2 Å². The van der Waals surface area contributed by atoms with E-state index in [4.69, 9.17) is 0 Å². The Morgan fingerprint density at radius 3 is 2.71 bits per heavy atom. The third-order valence-corrected chi connectivity index (χ3v) is 3.83. The van der Waals surface area contributed by atoms with Crippen molar-refractivity contribution >= 4 is 17.4 Å². The molecular formula is C12H17NS. The molecule has 0 spiro atoms. The van der Waals surface area contributed by atoms with Crippen LogP contribution in [0, 0.1) is 0 Å². The number of aryl methyl sites for hydroxylation is 1. The van der Waals surface area contributed by atoms with Gasteiger partial charge in [-0.15, -0.1) is 0 Å². The van der Waals surface area contributed by atoms with Gasteiger partial charge in [0.25, 0.3) is 0 Å². The molecule has 0 bridgehead atoms. The highest BCUT2D eigenvalue weighted by atomic mass is 32.2. The lowest BCUT2D eigenvalue weighted by Gasteiger charge is -2.12. The van der Waals surface area contributed by atoms with E-state index in [0.29, 0.717) is 6.04 Å². The molecule has 0 radical (unpaired) electrons. The fraction of sp³-hybridized carbons (Fsp3) is 0.500. The fourth-order valence-electron chi connectivity index (χ4n) is 1.72. The molecule has 1 unspecified atom stereocenters. The highest BCUT2D eigenvalue weighted by molar-refractivity contribution is 7.99. The van der Waals surface area contributed by atoms with Crippen LogP contribution in [0.5, 0.6) is 0 Å². The monoisotopic (exact) mass is 207 g/mol. The van der Waals surface area contributed by atoms with Crippen molar-refractivity contribution in [1.29, 1.82) is 0 Å². The Bertz CT molecular complexity index is 275. The van der Waals surface area contributed by atoms with Gasteiger partial charge in [0.1, 0.15) is 0 Å². The molecule has 1 nitrogen and oxygen atoms in total. The first-order chi connectivity index (χ1) is 6.88. The molecule has 1 atom stereocenters. The van der Waals surface area contributed by atoms with Crippen LogP contribution in [0.15, 0.2) is 24.3 Å². The Labute approximate surface area is 90.3 Å². The zero-order valence-corrected chi connectivity index (χ0v) is 9.44. The molecule has 0 saturated carbocycles. The van der Waals surface area contributed by atoms with Crippen molar-refractivity contribution in [3.63, 3.8) is 0 Å². The highest BCUT2D eigenvalue weighted by Gasteiger charge is 2.14. The molecule has 14 heavy (non-hydrogen) atoms. The molecule has 2 heteroatoms. The van der Waals surface area contributed by atoms with Gasteiger partial charge in [-0.1, -0.05) is 19.1 Å². The van der Waals surface area contributed by atoms with Crippen LogP contribution in [0.1, 0.15) is 18.9 Å². The van der Waals surface area contributed by atoms with Gasteiger partial charge in [-0.2, -0.15) is 11.8 Å². The van der Waals surface area contributed by atoms with Crippen molar-refractivity contribution < 1.29 is 0 Å². The Morgan fingerprint density at radius 2 is 2.14 bits per heavy atom. The zero-order valence-electron chi connectivity index (χ0n) is 8.62. The average Bonchev–Trinajstić information content (AvgIpc) is 2.72. The molecule has 2 rings (SSSR count). The highest BCUT2D eigenvalue weighted by Crippen LogP contribution is 2.21. The summed E-state index contributed by atoms with van der Waals surface area (Å²) in [5.41, 5.74) is 2.69. The average molecular weight is 207 g/mol. The smallest absolute Gasteiger partial charge is 0.0359 e. The lowest BCUT2D eigenvalue weighted by molar-refractivity contribution is 0.813. The second kappa shape index (κ2) is 4.74. The molecule has 1 aliphatic rings. The molecular weight excluding hydrogens is 190 g/mol. The normalized spacial score (nSPS) is 21.1. The number of nitrogens with one attached hydrogen (secondary N) is 1. The van der Waals surface area contributed by atoms with Crippen LogP contribution in [0.25, 0.3) is 0 Å². The van der Waals surface area contributed by atoms with Crippen molar-refractivity contribution in [1.82, 2.24) is 0 Å². The first-order valence-corrected chi connectivity index (χ1v) is 6.47. The largest absolute Gasteiger partial charge is 0.381 e. The summed E-state index contributed by atoms with van der Waals surface area (Å²) in [6.07, 6.45) is 2.43. The van der Waals surface area contributed by atoms with E-state index in [9.17, 15) is 0 Å². The molecule has 1 N–H and O–H groups in total. The minimum Gasteiger partial charge on any atom is -0.381 e. The summed E-state index contributed by atoms with van der Waals surface area (Å²) in [5, 5.41) is 3.57. The molecule has 1 aliphatic heterocycles. The molecule has 1 saturated heterocycles. The SMILES string of the molecule is CCc1ccc(NC2CCSC2)cc1. The van der Waals surface area contributed by atoms with E-state index in [0.717, 1.165) is 6.42 Å². The molecule has 0 aliphatic carbocycles. The Hall–Kier alpha value is -0.630. The van der Waals surface area contributed by atoms with Crippen molar-refractivity contribution in [2.75, 3.05) is 16.8 Å². The van der Waals surface area contributed by atoms with Gasteiger partial charge in [0.15, 0.2) is 0 Å². The van der Waals surface area contributed by atoms with Gasteiger partial charge in [0.2, 0.25) is 0 Å². The molecule has 1 fully saturated rings. The van der Waals surface area contributed by atoms with Gasteiger partial charge in [0.05, 0.1) is 0 Å². The van der Waals surface area contributed by atoms with E-state index >= 15 is 0 Å². The lowest BCUT2D eigenvalue weighted by atomic mass is 10.1. The van der Waals surface area contributed by atoms with Gasteiger partial charge in [0, 0.05) is 17.5 Å². The standard InChI is InChI=1S/C12H17NS/c1-2-10-3-5-11(6-4-10)13-12-7-8-14-9-12/h3-6,12-13H,2,7-9H2,1H3. The van der Waals surface area contributed by atoms with Crippen LogP contribution in [-0.4, -0.2) is 17.5 Å². The van der Waals surface area contributed by atoms with Crippen LogP contribution in [0.3, 0.4) is 0 Å². The summed E-state index contributed by atoms with van der Waals surface area (Å²) in [4.78, 5) is 0. The maximum absolute atomic E-state index is 3.57. The maximum atomic E-state index is 3.57. The second-order valence-electron chi connectivity index (χ2n) is 3.76. The predicted octanol–water partition coefficient (Wildman–Crippen LogP) is 3.17. The second-order valence-corrected chi connectivity index (χ2v) is 4.91. The fourth-order valence-corrected chi connectivity index (χ4v) is 2.87. The molecule has 0 aromatic heterocycles. The number of thioether (sulfide) groups is 1. The molecule has 76 valence electrons. The van der Waals surface area contributed by atoms with E-state index in [-0.39, 0.29) is 0 Å². The maximum Gasteiger partial charge on any atom is 0.0359 e. The van der Waals surface area contributed by atoms with E-state index in [1.54, 1.807) is 0 Å². The Balaban J connectivity index is 1.95. The third kappa shape index (κ3) is 2.44. The molecule has 0 amide bonds. The third-order valence-electron chi connectivity index (χ3n) is 2.66. The van der Waals surface area contributed by atoms with Crippen LogP contribution < -0.4 is 5.32 Å². The summed E-state index contributed by atoms with van der Waals surface area (Å²) < 4.78 is 0. The van der Waals surface area contributed by atoms with Gasteiger partial charge in [-0.25, -0.2) is 0 Å². The zero-order chi connectivity index (χ0) is 9.80. The molecule has 1 aromatic carbocycles. The minimum absolute atomic E-state index is 0.687. The Kier molecular flexibility index (Phi) is 3.35. The van der Waals surface area contributed by atoms with E-state index < -0.39 is 0 Å². The lowest BCUT2D eigenvalue weighted by Crippen LogP contribution is -2.17. The number of benzene rings is 1. The van der Waals surface area contributed by atoms with Gasteiger partial charge >= 0.3 is 0 Å². The topological polar surface area (TPSA) is 12.0 Å². The van der Waals surface area contributed by atoms with Crippen LogP contribution in [-0.2, 0) is 6.42 Å². The Morgan fingerprint density at radius 1 is 1.36 bits per heavy atom. The summed E-state index contributed by atoms with van der Waals surface area (Å²) in [5.74, 6) is 2.57. The summed E-state index contributed by atoms with van der Waals surface area (Å²) >= 11 is 2.05. The van der Waals surface area contributed by atoms with Gasteiger partial charge in [-0.05, 0) is 36.3 Å². The first-order valence-electron chi connectivity index (χ1n) is 5.31. The minimum atomic E-state index is 0.687. The van der Waals surface area contributed by atoms with Gasteiger partial charge in [-0.3, -0.25) is 0 Å². The summed E-state index contributed by atoms with van der Waals surface area (Å²) in [6.45, 7) is 2.19.